The van der Waals surface area contributed by atoms with Crippen molar-refractivity contribution in [1.82, 2.24) is 5.32 Å². The van der Waals surface area contributed by atoms with Crippen LogP contribution in [-0.4, -0.2) is 26.6 Å². The molecule has 7 heteroatoms. The number of hydrogen-bond donors (Lipinski definition) is 1. The van der Waals surface area contributed by atoms with E-state index in [1.165, 1.54) is 0 Å². The molecule has 1 N–H and O–H groups in total. The Balaban J connectivity index is 2.31. The zero-order valence-electron chi connectivity index (χ0n) is 15.2. The van der Waals surface area contributed by atoms with Crippen LogP contribution in [0.4, 0.5) is 5.69 Å². The summed E-state index contributed by atoms with van der Waals surface area (Å²) in [5, 5.41) is 3.28. The zero-order valence-corrected chi connectivity index (χ0v) is 16.8. The maximum atomic E-state index is 12.7. The Kier molecular flexibility index (Phi) is 6.31. The van der Waals surface area contributed by atoms with Crippen LogP contribution in [0.15, 0.2) is 48.5 Å². The molecule has 2 atom stereocenters. The van der Waals surface area contributed by atoms with Crippen LogP contribution in [0.2, 0.25) is 5.02 Å². The first-order valence-electron chi connectivity index (χ1n) is 8.22. The van der Waals surface area contributed by atoms with Gasteiger partial charge in [-0.2, -0.15) is 0 Å². The van der Waals surface area contributed by atoms with Crippen LogP contribution in [0, 0.1) is 6.92 Å². The number of aryl methyl sites for hydroxylation is 1. The van der Waals surface area contributed by atoms with E-state index < -0.39 is 16.1 Å². The van der Waals surface area contributed by atoms with Crippen molar-refractivity contribution in [3.63, 3.8) is 0 Å². The number of sulfonamides is 1. The summed E-state index contributed by atoms with van der Waals surface area (Å²) in [4.78, 5) is 12.7. The van der Waals surface area contributed by atoms with Crippen LogP contribution in [0.1, 0.15) is 31.0 Å². The highest BCUT2D eigenvalue weighted by atomic mass is 35.5. The van der Waals surface area contributed by atoms with Crippen molar-refractivity contribution in [2.45, 2.75) is 32.9 Å². The standard InChI is InChI=1S/C19H23ClN2O3S/c1-13-10-11-17(20)12-18(13)22(26(4,24)25)15(3)19(23)21-14(2)16-8-6-5-7-9-16/h5-12,14-15H,1-4H3,(H,21,23)/t14-,15+/m1/s1. The Hall–Kier alpha value is -2.05. The number of nitrogens with one attached hydrogen (secondary N) is 1. The molecule has 0 aliphatic heterocycles. The minimum Gasteiger partial charge on any atom is -0.348 e. The van der Waals surface area contributed by atoms with Crippen LogP contribution in [0.25, 0.3) is 0 Å². The number of halogens is 1. The molecule has 5 nitrogen and oxygen atoms in total. The molecule has 0 saturated heterocycles. The fraction of sp³-hybridized carbons (Fsp3) is 0.316. The van der Waals surface area contributed by atoms with Gasteiger partial charge in [0.2, 0.25) is 15.9 Å². The number of benzene rings is 2. The summed E-state index contributed by atoms with van der Waals surface area (Å²) in [6, 6.07) is 13.3. The van der Waals surface area contributed by atoms with E-state index in [-0.39, 0.29) is 11.9 Å². The van der Waals surface area contributed by atoms with Gasteiger partial charge in [0.25, 0.3) is 0 Å². The van der Waals surface area contributed by atoms with Crippen LogP contribution >= 0.6 is 11.6 Å². The SMILES string of the molecule is Cc1ccc(Cl)cc1N([C@@H](C)C(=O)N[C@H](C)c1ccccc1)S(C)(=O)=O. The maximum Gasteiger partial charge on any atom is 0.244 e. The second-order valence-corrected chi connectivity index (χ2v) is 8.60. The van der Waals surface area contributed by atoms with E-state index >= 15 is 0 Å². The highest BCUT2D eigenvalue weighted by Gasteiger charge is 2.31. The first-order chi connectivity index (χ1) is 12.1. The van der Waals surface area contributed by atoms with E-state index in [0.717, 1.165) is 21.7 Å². The number of carbonyl (C=O) groups is 1. The monoisotopic (exact) mass is 394 g/mol. The molecular weight excluding hydrogens is 372 g/mol. The first kappa shape index (κ1) is 20.3. The van der Waals surface area contributed by atoms with Crippen molar-refractivity contribution in [2.75, 3.05) is 10.6 Å². The molecule has 0 saturated carbocycles. The highest BCUT2D eigenvalue weighted by Crippen LogP contribution is 2.28. The minimum absolute atomic E-state index is 0.243. The molecule has 0 bridgehead atoms. The van der Waals surface area contributed by atoms with Gasteiger partial charge < -0.3 is 5.32 Å². The summed E-state index contributed by atoms with van der Waals surface area (Å²) in [6.07, 6.45) is 1.08. The third-order valence-corrected chi connectivity index (χ3v) is 5.62. The summed E-state index contributed by atoms with van der Waals surface area (Å²) >= 11 is 6.04. The largest absolute Gasteiger partial charge is 0.348 e. The number of hydrogen-bond acceptors (Lipinski definition) is 3. The van der Waals surface area contributed by atoms with Gasteiger partial charge in [-0.25, -0.2) is 8.42 Å². The zero-order chi connectivity index (χ0) is 19.5. The first-order valence-corrected chi connectivity index (χ1v) is 10.4. The molecule has 0 fully saturated rings. The normalized spacial score (nSPS) is 13.7. The van der Waals surface area contributed by atoms with E-state index in [4.69, 9.17) is 11.6 Å². The predicted molar refractivity (Wildman–Crippen MR) is 106 cm³/mol. The molecule has 140 valence electrons. The fourth-order valence-electron chi connectivity index (χ4n) is 2.76. The number of amides is 1. The van der Waals surface area contributed by atoms with E-state index in [1.807, 2.05) is 37.3 Å². The summed E-state index contributed by atoms with van der Waals surface area (Å²) in [5.41, 5.74) is 2.06. The molecule has 0 aromatic heterocycles. The van der Waals surface area contributed by atoms with Crippen molar-refractivity contribution in [1.29, 1.82) is 0 Å². The summed E-state index contributed by atoms with van der Waals surface area (Å²) < 4.78 is 25.9. The highest BCUT2D eigenvalue weighted by molar-refractivity contribution is 7.92. The lowest BCUT2D eigenvalue weighted by molar-refractivity contribution is -0.122. The van der Waals surface area contributed by atoms with Crippen LogP contribution < -0.4 is 9.62 Å². The quantitative estimate of drug-likeness (QED) is 0.812. The maximum absolute atomic E-state index is 12.7. The number of anilines is 1. The molecule has 26 heavy (non-hydrogen) atoms. The third kappa shape index (κ3) is 4.77. The van der Waals surface area contributed by atoms with Crippen LogP contribution in [0.3, 0.4) is 0 Å². The second-order valence-electron chi connectivity index (χ2n) is 6.31. The van der Waals surface area contributed by atoms with Crippen molar-refractivity contribution in [3.05, 3.63) is 64.7 Å². The van der Waals surface area contributed by atoms with Gasteiger partial charge in [0.1, 0.15) is 6.04 Å². The Bertz CT molecular complexity index is 885. The van der Waals surface area contributed by atoms with Crippen molar-refractivity contribution in [3.8, 4) is 0 Å². The van der Waals surface area contributed by atoms with Gasteiger partial charge in [-0.3, -0.25) is 9.10 Å². The molecule has 0 unspecified atom stereocenters. The lowest BCUT2D eigenvalue weighted by atomic mass is 10.1. The average molecular weight is 395 g/mol. The van der Waals surface area contributed by atoms with Gasteiger partial charge in [0, 0.05) is 5.02 Å². The average Bonchev–Trinajstić information content (AvgIpc) is 2.57. The lowest BCUT2D eigenvalue weighted by Gasteiger charge is -2.30. The molecule has 0 radical (unpaired) electrons. The van der Waals surface area contributed by atoms with Crippen molar-refractivity contribution >= 4 is 33.2 Å². The number of nitrogens with zero attached hydrogens (tertiary/aromatic N) is 1. The van der Waals surface area contributed by atoms with Gasteiger partial charge in [-0.1, -0.05) is 48.0 Å². The molecule has 0 spiro atoms. The van der Waals surface area contributed by atoms with Gasteiger partial charge in [0.05, 0.1) is 18.0 Å². The molecule has 2 aromatic carbocycles. The molecule has 2 aromatic rings. The van der Waals surface area contributed by atoms with Gasteiger partial charge in [-0.15, -0.1) is 0 Å². The van der Waals surface area contributed by atoms with Gasteiger partial charge in [-0.05, 0) is 44.0 Å². The number of carbonyl (C=O) groups excluding carboxylic acids is 1. The Morgan fingerprint density at radius 1 is 1.12 bits per heavy atom. The topological polar surface area (TPSA) is 66.5 Å². The van der Waals surface area contributed by atoms with E-state index in [0.29, 0.717) is 10.7 Å². The van der Waals surface area contributed by atoms with E-state index in [2.05, 4.69) is 5.32 Å². The number of rotatable bonds is 6. The Morgan fingerprint density at radius 2 is 1.73 bits per heavy atom. The van der Waals surface area contributed by atoms with Crippen molar-refractivity contribution in [2.24, 2.45) is 0 Å². The van der Waals surface area contributed by atoms with E-state index in [9.17, 15) is 13.2 Å². The van der Waals surface area contributed by atoms with Gasteiger partial charge >= 0.3 is 0 Å². The summed E-state index contributed by atoms with van der Waals surface area (Å²) in [7, 11) is -3.69. The molecule has 0 aliphatic rings. The van der Waals surface area contributed by atoms with Crippen LogP contribution in [0.5, 0.6) is 0 Å². The summed E-state index contributed by atoms with van der Waals surface area (Å²) in [6.45, 7) is 5.20. The molecule has 0 heterocycles. The van der Waals surface area contributed by atoms with Crippen molar-refractivity contribution < 1.29 is 13.2 Å². The Morgan fingerprint density at radius 3 is 2.31 bits per heavy atom. The van der Waals surface area contributed by atoms with Crippen LogP contribution in [-0.2, 0) is 14.8 Å². The molecule has 2 rings (SSSR count). The smallest absolute Gasteiger partial charge is 0.244 e. The predicted octanol–water partition coefficient (Wildman–Crippen LogP) is 3.68. The third-order valence-electron chi connectivity index (χ3n) is 4.16. The fourth-order valence-corrected chi connectivity index (χ4v) is 4.15. The molecular formula is C19H23ClN2O3S. The van der Waals surface area contributed by atoms with E-state index in [1.54, 1.807) is 32.0 Å². The Labute approximate surface area is 160 Å². The lowest BCUT2D eigenvalue weighted by Crippen LogP contribution is -2.48. The second kappa shape index (κ2) is 8.10. The molecule has 1 amide bonds. The minimum atomic E-state index is -3.69. The van der Waals surface area contributed by atoms with Gasteiger partial charge in [0.15, 0.2) is 0 Å². The molecule has 0 aliphatic carbocycles. The summed E-state index contributed by atoms with van der Waals surface area (Å²) in [5.74, 6) is -0.383.